The Hall–Kier alpha value is -2.96. The lowest BCUT2D eigenvalue weighted by molar-refractivity contribution is -0.384. The van der Waals surface area contributed by atoms with Crippen LogP contribution in [0.2, 0.25) is 0 Å². The summed E-state index contributed by atoms with van der Waals surface area (Å²) < 4.78 is 0. The fourth-order valence-corrected chi connectivity index (χ4v) is 2.92. The Morgan fingerprint density at radius 2 is 1.83 bits per heavy atom. The Kier molecular flexibility index (Phi) is 4.41. The molecule has 1 aliphatic rings. The van der Waals surface area contributed by atoms with Crippen molar-refractivity contribution in [3.05, 3.63) is 58.3 Å². The Morgan fingerprint density at radius 3 is 2.42 bits per heavy atom. The number of nitrogens with one attached hydrogen (secondary N) is 1. The number of Topliss-reactive ketones (excluding diaryl/α,β-unsaturated/α-hetero) is 1. The standard InChI is InChI=1S/C17H18N4O3/c1-13(22)14-5-6-15(16(12-14)21(23)24)19-8-10-20(11-9-19)17-4-2-3-7-18-17/h2-7,12H,8-11H2,1H3/p+1. The van der Waals surface area contributed by atoms with Crippen LogP contribution in [-0.4, -0.2) is 36.9 Å². The van der Waals surface area contributed by atoms with Crippen LogP contribution in [0.4, 0.5) is 17.2 Å². The Bertz CT molecular complexity index is 756. The topological polar surface area (TPSA) is 80.8 Å². The summed E-state index contributed by atoms with van der Waals surface area (Å²) in [6, 6.07) is 10.6. The lowest BCUT2D eigenvalue weighted by atomic mass is 10.1. The van der Waals surface area contributed by atoms with E-state index in [1.165, 1.54) is 13.0 Å². The van der Waals surface area contributed by atoms with Crippen molar-refractivity contribution in [2.75, 3.05) is 36.0 Å². The summed E-state index contributed by atoms with van der Waals surface area (Å²) in [6.45, 7) is 4.32. The molecule has 7 heteroatoms. The second-order valence-corrected chi connectivity index (χ2v) is 5.74. The summed E-state index contributed by atoms with van der Waals surface area (Å²) in [5, 5.41) is 11.4. The number of hydrogen-bond acceptors (Lipinski definition) is 5. The van der Waals surface area contributed by atoms with Crippen LogP contribution in [0.15, 0.2) is 42.6 Å². The Morgan fingerprint density at radius 1 is 1.12 bits per heavy atom. The zero-order chi connectivity index (χ0) is 17.1. The van der Waals surface area contributed by atoms with Gasteiger partial charge in [-0.15, -0.1) is 0 Å². The number of rotatable bonds is 4. The average molecular weight is 327 g/mol. The molecule has 2 heterocycles. The van der Waals surface area contributed by atoms with Crippen molar-refractivity contribution in [1.29, 1.82) is 0 Å². The monoisotopic (exact) mass is 327 g/mol. The van der Waals surface area contributed by atoms with E-state index >= 15 is 0 Å². The number of nitro benzene ring substituents is 1. The van der Waals surface area contributed by atoms with Crippen molar-refractivity contribution in [2.45, 2.75) is 6.92 Å². The van der Waals surface area contributed by atoms with Crippen LogP contribution < -0.4 is 14.8 Å². The number of nitrogens with zero attached hydrogens (tertiary/aromatic N) is 3. The molecule has 3 rings (SSSR count). The molecule has 0 spiro atoms. The van der Waals surface area contributed by atoms with Gasteiger partial charge in [-0.3, -0.25) is 19.8 Å². The van der Waals surface area contributed by atoms with Gasteiger partial charge >= 0.3 is 0 Å². The van der Waals surface area contributed by atoms with E-state index in [0.717, 1.165) is 18.9 Å². The minimum atomic E-state index is -0.418. The maximum absolute atomic E-state index is 11.5. The largest absolute Gasteiger partial charge is 0.358 e. The van der Waals surface area contributed by atoms with Crippen LogP contribution in [0.25, 0.3) is 0 Å². The molecule has 1 fully saturated rings. The Labute approximate surface area is 139 Å². The van der Waals surface area contributed by atoms with E-state index in [9.17, 15) is 14.9 Å². The molecular weight excluding hydrogens is 308 g/mol. The highest BCUT2D eigenvalue weighted by Gasteiger charge is 2.27. The quantitative estimate of drug-likeness (QED) is 0.487. The van der Waals surface area contributed by atoms with Gasteiger partial charge in [0.1, 0.15) is 18.8 Å². The van der Waals surface area contributed by atoms with E-state index in [1.807, 2.05) is 29.3 Å². The lowest BCUT2D eigenvalue weighted by Gasteiger charge is -2.32. The summed E-state index contributed by atoms with van der Waals surface area (Å²) in [6.07, 6.45) is 1.88. The highest BCUT2D eigenvalue weighted by molar-refractivity contribution is 5.95. The van der Waals surface area contributed by atoms with Crippen LogP contribution in [0.3, 0.4) is 0 Å². The van der Waals surface area contributed by atoms with Gasteiger partial charge < -0.3 is 4.90 Å². The molecule has 7 nitrogen and oxygen atoms in total. The molecular formula is C17H19N4O3+. The third-order valence-electron chi connectivity index (χ3n) is 4.23. The van der Waals surface area contributed by atoms with E-state index in [1.54, 1.807) is 12.1 Å². The summed E-state index contributed by atoms with van der Waals surface area (Å²) in [5.41, 5.74) is 0.923. The molecule has 0 radical (unpaired) electrons. The Balaban J connectivity index is 1.79. The van der Waals surface area contributed by atoms with Crippen LogP contribution in [-0.2, 0) is 0 Å². The highest BCUT2D eigenvalue weighted by atomic mass is 16.6. The molecule has 1 saturated heterocycles. The van der Waals surface area contributed by atoms with Gasteiger partial charge in [0, 0.05) is 17.7 Å². The van der Waals surface area contributed by atoms with Crippen LogP contribution >= 0.6 is 0 Å². The minimum absolute atomic E-state index is 0.0116. The van der Waals surface area contributed by atoms with Crippen LogP contribution in [0, 0.1) is 10.1 Å². The van der Waals surface area contributed by atoms with Gasteiger partial charge in [-0.25, -0.2) is 4.98 Å². The molecule has 0 unspecified atom stereocenters. The molecule has 2 aromatic rings. The number of H-pyrrole nitrogens is 1. The van der Waals surface area contributed by atoms with Gasteiger partial charge in [0.05, 0.1) is 24.2 Å². The zero-order valence-electron chi connectivity index (χ0n) is 13.4. The maximum atomic E-state index is 11.5. The summed E-state index contributed by atoms with van der Waals surface area (Å²) in [7, 11) is 0. The first-order valence-electron chi connectivity index (χ1n) is 7.82. The van der Waals surface area contributed by atoms with E-state index in [0.29, 0.717) is 24.3 Å². The molecule has 1 aliphatic heterocycles. The molecule has 0 amide bonds. The number of anilines is 2. The number of carbonyl (C=O) groups excluding carboxylic acids is 1. The van der Waals surface area contributed by atoms with Gasteiger partial charge in [-0.05, 0) is 25.1 Å². The minimum Gasteiger partial charge on any atom is -0.358 e. The SMILES string of the molecule is CC(=O)c1ccc(N2CCN(c3cccc[nH+]3)CC2)c([N+](=O)[O-])c1. The van der Waals surface area contributed by atoms with E-state index in [4.69, 9.17) is 0 Å². The van der Waals surface area contributed by atoms with Crippen molar-refractivity contribution in [3.63, 3.8) is 0 Å². The predicted molar refractivity (Wildman–Crippen MR) is 90.5 cm³/mol. The first-order chi connectivity index (χ1) is 11.6. The van der Waals surface area contributed by atoms with Gasteiger partial charge in [0.2, 0.25) is 0 Å². The van der Waals surface area contributed by atoms with Crippen LogP contribution in [0.5, 0.6) is 0 Å². The van der Waals surface area contributed by atoms with Crippen molar-refractivity contribution in [3.8, 4) is 0 Å². The van der Waals surface area contributed by atoms with Gasteiger partial charge in [-0.2, -0.15) is 0 Å². The number of carbonyl (C=O) groups is 1. The van der Waals surface area contributed by atoms with Gasteiger partial charge in [0.15, 0.2) is 5.78 Å². The highest BCUT2D eigenvalue weighted by Crippen LogP contribution is 2.30. The summed E-state index contributed by atoms with van der Waals surface area (Å²) >= 11 is 0. The molecule has 0 bridgehead atoms. The van der Waals surface area contributed by atoms with Crippen molar-refractivity contribution < 1.29 is 14.7 Å². The lowest BCUT2D eigenvalue weighted by Crippen LogP contribution is -2.48. The predicted octanol–water partition coefficient (Wildman–Crippen LogP) is 1.94. The molecule has 1 N–H and O–H groups in total. The third-order valence-corrected chi connectivity index (χ3v) is 4.23. The number of aromatic nitrogens is 1. The molecule has 0 aliphatic carbocycles. The zero-order valence-corrected chi connectivity index (χ0v) is 13.4. The molecule has 0 atom stereocenters. The van der Waals surface area contributed by atoms with Gasteiger partial charge in [0.25, 0.3) is 11.5 Å². The maximum Gasteiger partial charge on any atom is 0.293 e. The smallest absolute Gasteiger partial charge is 0.293 e. The van der Waals surface area contributed by atoms with Crippen molar-refractivity contribution >= 4 is 23.0 Å². The van der Waals surface area contributed by atoms with Crippen LogP contribution in [0.1, 0.15) is 17.3 Å². The first kappa shape index (κ1) is 15.9. The summed E-state index contributed by atoms with van der Waals surface area (Å²) in [5.74, 6) is 0.868. The average Bonchev–Trinajstić information content (AvgIpc) is 2.62. The van der Waals surface area contributed by atoms with E-state index in [2.05, 4.69) is 9.88 Å². The molecule has 1 aromatic carbocycles. The van der Waals surface area contributed by atoms with E-state index < -0.39 is 4.92 Å². The number of aromatic amines is 1. The second kappa shape index (κ2) is 6.66. The number of nitro groups is 1. The molecule has 24 heavy (non-hydrogen) atoms. The van der Waals surface area contributed by atoms with Crippen molar-refractivity contribution in [2.24, 2.45) is 0 Å². The first-order valence-corrected chi connectivity index (χ1v) is 7.82. The number of piperazine rings is 1. The normalized spacial score (nSPS) is 14.5. The molecule has 0 saturated carbocycles. The third kappa shape index (κ3) is 3.19. The molecule has 124 valence electrons. The molecule has 1 aromatic heterocycles. The number of ketones is 1. The second-order valence-electron chi connectivity index (χ2n) is 5.74. The number of hydrogen-bond donors (Lipinski definition) is 0. The fraction of sp³-hybridized carbons (Fsp3) is 0.294. The van der Waals surface area contributed by atoms with Gasteiger partial charge in [-0.1, -0.05) is 6.07 Å². The number of benzene rings is 1. The van der Waals surface area contributed by atoms with E-state index in [-0.39, 0.29) is 11.5 Å². The number of pyridine rings is 1. The van der Waals surface area contributed by atoms with Crippen molar-refractivity contribution in [1.82, 2.24) is 0 Å². The fourth-order valence-electron chi connectivity index (χ4n) is 2.92. The summed E-state index contributed by atoms with van der Waals surface area (Å²) in [4.78, 5) is 29.8.